The zero-order valence-electron chi connectivity index (χ0n) is 41.3. The highest BCUT2D eigenvalue weighted by atomic mass is 32.2. The second-order valence-electron chi connectivity index (χ2n) is 16.1. The van der Waals surface area contributed by atoms with Crippen LogP contribution >= 0.6 is 0 Å². The van der Waals surface area contributed by atoms with Crippen molar-refractivity contribution in [3.8, 4) is 5.75 Å². The zero-order valence-corrected chi connectivity index (χ0v) is 43.7. The van der Waals surface area contributed by atoms with E-state index in [0.29, 0.717) is 30.4 Å². The molecule has 0 atom stereocenters. The lowest BCUT2D eigenvalue weighted by atomic mass is 9.93. The Morgan fingerprint density at radius 3 is 1.29 bits per heavy atom. The van der Waals surface area contributed by atoms with Crippen LogP contribution in [0.3, 0.4) is 0 Å². The lowest BCUT2D eigenvalue weighted by Crippen LogP contribution is -3.11. The third-order valence-electron chi connectivity index (χ3n) is 12.0. The van der Waals surface area contributed by atoms with Crippen molar-refractivity contribution in [3.63, 3.8) is 0 Å². The molecule has 0 saturated carbocycles. The van der Waals surface area contributed by atoms with Gasteiger partial charge in [0.25, 0.3) is 17.7 Å². The van der Waals surface area contributed by atoms with Gasteiger partial charge in [0.15, 0.2) is 6.61 Å². The standard InChI is InChI=1S/C28H26N2O15S3.3C6H15N/c31-23(29-11-3-1-2-4-26(34)45-30-24(32)9-10-25(30)33)14-44-19-12-20(46(35,36)37)16-7-8-18-22(48(41,42)43)13-21(47(38,39)40)17-6-5-15(19)27(16)28(17)18;3*1-4-7(5-2)6-3/h5-8,12-13H,1-4,9-11,14H2,(H,29,31)(H,35,36,37)(H,38,39,40)(H,41,42,43);3*4-6H2,1-3H3. The van der Waals surface area contributed by atoms with Gasteiger partial charge in [-0.3, -0.25) is 14.4 Å². The fourth-order valence-electron chi connectivity index (χ4n) is 7.65. The van der Waals surface area contributed by atoms with Crippen LogP contribution in [0.1, 0.15) is 101 Å². The first-order valence-electron chi connectivity index (χ1n) is 23.5. The number of hydrogen-bond acceptors (Lipinski definition) is 15. The highest BCUT2D eigenvalue weighted by Gasteiger charge is 2.32. The number of unbranched alkanes of at least 4 members (excludes halogenated alkanes) is 2. The van der Waals surface area contributed by atoms with Gasteiger partial charge in [0.05, 0.1) is 73.6 Å². The number of nitrogens with zero attached hydrogens (tertiary/aromatic N) is 1. The second kappa shape index (κ2) is 28.3. The largest absolute Gasteiger partial charge is 0.744 e. The Balaban J connectivity index is 0.000000646. The number of nitrogens with one attached hydrogen (secondary N) is 4. The number of ether oxygens (including phenoxy) is 1. The number of quaternary nitrogens is 3. The molecule has 1 aliphatic heterocycles. The van der Waals surface area contributed by atoms with E-state index in [0.717, 1.165) is 24.3 Å². The van der Waals surface area contributed by atoms with Gasteiger partial charge < -0.3 is 43.2 Å². The van der Waals surface area contributed by atoms with E-state index in [-0.39, 0.29) is 63.9 Å². The van der Waals surface area contributed by atoms with Gasteiger partial charge in [-0.05, 0) is 93.4 Å². The van der Waals surface area contributed by atoms with E-state index in [2.05, 4.69) is 67.6 Å². The first-order chi connectivity index (χ1) is 32.4. The maximum atomic E-state index is 12.5. The monoisotopic (exact) mass is 1030 g/mol. The molecule has 3 amide bonds. The summed E-state index contributed by atoms with van der Waals surface area (Å²) in [5, 5.41) is 1.50. The van der Waals surface area contributed by atoms with E-state index in [1.54, 1.807) is 14.7 Å². The van der Waals surface area contributed by atoms with Crippen molar-refractivity contribution in [2.75, 3.05) is 72.1 Å². The summed E-state index contributed by atoms with van der Waals surface area (Å²) in [5.74, 6) is -2.98. The van der Waals surface area contributed by atoms with Crippen LogP contribution in [0.25, 0.3) is 32.3 Å². The molecule has 388 valence electrons. The van der Waals surface area contributed by atoms with Crippen LogP contribution in [0.5, 0.6) is 5.75 Å². The molecule has 1 fully saturated rings. The summed E-state index contributed by atoms with van der Waals surface area (Å²) < 4.78 is 115. The zero-order chi connectivity index (χ0) is 52.3. The first kappa shape index (κ1) is 60.5. The molecule has 20 nitrogen and oxygen atoms in total. The molecule has 4 aromatic rings. The lowest BCUT2D eigenvalue weighted by molar-refractivity contribution is -0.894. The van der Waals surface area contributed by atoms with Crippen LogP contribution in [-0.2, 0) is 54.4 Å². The van der Waals surface area contributed by atoms with Gasteiger partial charge in [0.1, 0.15) is 36.1 Å². The molecule has 23 heteroatoms. The average molecular weight is 1030 g/mol. The fourth-order valence-corrected chi connectivity index (χ4v) is 9.82. The molecule has 1 aliphatic rings. The van der Waals surface area contributed by atoms with E-state index >= 15 is 0 Å². The maximum absolute atomic E-state index is 12.5. The third kappa shape index (κ3) is 17.6. The quantitative estimate of drug-likeness (QED) is 0.0366. The Kier molecular flexibility index (Phi) is 24.8. The van der Waals surface area contributed by atoms with E-state index < -0.39 is 75.3 Å². The van der Waals surface area contributed by atoms with Crippen molar-refractivity contribution in [3.05, 3.63) is 36.4 Å². The van der Waals surface area contributed by atoms with Gasteiger partial charge in [-0.15, -0.1) is 5.06 Å². The summed E-state index contributed by atoms with van der Waals surface area (Å²) in [7, 11) is -16.0. The molecule has 0 aliphatic carbocycles. The molecule has 1 saturated heterocycles. The summed E-state index contributed by atoms with van der Waals surface area (Å²) in [6, 6.07) is 5.66. The van der Waals surface area contributed by atoms with Crippen LogP contribution in [0.4, 0.5) is 0 Å². The van der Waals surface area contributed by atoms with Crippen LogP contribution in [0.15, 0.2) is 51.1 Å². The highest BCUT2D eigenvalue weighted by molar-refractivity contribution is 7.87. The molecule has 0 bridgehead atoms. The number of carbonyl (C=O) groups is 4. The summed E-state index contributed by atoms with van der Waals surface area (Å²) in [6.07, 6.45) is 1.01. The van der Waals surface area contributed by atoms with Gasteiger partial charge in [0.2, 0.25) is 0 Å². The SMILES string of the molecule is CC[NH+](CC)CC.CC[NH+](CC)CC.CC[NH+](CC)CC.O=C(COc1cc(S(=O)(=O)[O-])c2ccc3c(S(=O)(=O)[O-])cc(S(=O)(=O)[O-])c4ccc1c2c43)NCCCCCC(=O)ON1C(=O)CCC1=O. The summed E-state index contributed by atoms with van der Waals surface area (Å²) in [5.41, 5.74) is 0. The molecule has 1 heterocycles. The number of imide groups is 1. The van der Waals surface area contributed by atoms with Crippen molar-refractivity contribution in [1.82, 2.24) is 10.4 Å². The Labute approximate surface area is 407 Å². The molecular formula is C46H71N5O15S3. The Morgan fingerprint density at radius 2 is 0.928 bits per heavy atom. The molecule has 0 unspecified atom stereocenters. The Bertz CT molecular complexity index is 2560. The van der Waals surface area contributed by atoms with Crippen LogP contribution in [-0.4, -0.2) is 140 Å². The summed E-state index contributed by atoms with van der Waals surface area (Å²) in [4.78, 5) is 54.2. The summed E-state index contributed by atoms with van der Waals surface area (Å²) >= 11 is 0. The van der Waals surface area contributed by atoms with E-state index in [1.807, 2.05) is 0 Å². The topological polar surface area (TPSA) is 287 Å². The number of rotatable bonds is 22. The fraction of sp³-hybridized carbons (Fsp3) is 0.565. The number of amides is 3. The number of hydrogen-bond donors (Lipinski definition) is 4. The molecule has 0 radical (unpaired) electrons. The number of benzene rings is 4. The highest BCUT2D eigenvalue weighted by Crippen LogP contribution is 2.45. The van der Waals surface area contributed by atoms with Crippen molar-refractivity contribution < 1.29 is 82.4 Å². The maximum Gasteiger partial charge on any atom is 0.333 e. The van der Waals surface area contributed by atoms with Gasteiger partial charge >= 0.3 is 5.97 Å². The van der Waals surface area contributed by atoms with Gasteiger partial charge in [-0.25, -0.2) is 30.0 Å². The van der Waals surface area contributed by atoms with Crippen molar-refractivity contribution in [2.45, 2.75) is 116 Å². The molecular weight excluding hydrogens is 959 g/mol. The third-order valence-corrected chi connectivity index (χ3v) is 14.6. The molecule has 0 spiro atoms. The minimum atomic E-state index is -5.38. The van der Waals surface area contributed by atoms with Crippen molar-refractivity contribution >= 4 is 86.4 Å². The second-order valence-corrected chi connectivity index (χ2v) is 20.2. The number of hydroxylamine groups is 2. The first-order valence-corrected chi connectivity index (χ1v) is 27.8. The summed E-state index contributed by atoms with van der Waals surface area (Å²) in [6.45, 7) is 30.9. The van der Waals surface area contributed by atoms with E-state index in [4.69, 9.17) is 9.57 Å². The molecule has 69 heavy (non-hydrogen) atoms. The van der Waals surface area contributed by atoms with Crippen LogP contribution in [0.2, 0.25) is 0 Å². The van der Waals surface area contributed by atoms with E-state index in [9.17, 15) is 58.1 Å². The smallest absolute Gasteiger partial charge is 0.333 e. The van der Waals surface area contributed by atoms with Gasteiger partial charge in [-0.1, -0.05) is 24.6 Å². The van der Waals surface area contributed by atoms with Gasteiger partial charge in [0, 0.05) is 58.1 Å². The minimum Gasteiger partial charge on any atom is -0.744 e. The van der Waals surface area contributed by atoms with Crippen molar-refractivity contribution in [1.29, 1.82) is 0 Å². The molecule has 4 N–H and O–H groups in total. The van der Waals surface area contributed by atoms with Crippen LogP contribution in [0, 0.1) is 0 Å². The Hall–Kier alpha value is -4.59. The average Bonchev–Trinajstić information content (AvgIpc) is 3.61. The molecule has 5 rings (SSSR count). The lowest BCUT2D eigenvalue weighted by Gasteiger charge is -2.22. The minimum absolute atomic E-state index is 0.00205. The molecule has 0 aromatic heterocycles. The van der Waals surface area contributed by atoms with E-state index in [1.165, 1.54) is 65.0 Å². The Morgan fingerprint density at radius 1 is 0.565 bits per heavy atom. The molecule has 4 aromatic carbocycles. The normalized spacial score (nSPS) is 13.1. The van der Waals surface area contributed by atoms with Gasteiger partial charge in [-0.2, -0.15) is 0 Å². The van der Waals surface area contributed by atoms with Crippen molar-refractivity contribution in [2.24, 2.45) is 0 Å². The predicted molar refractivity (Wildman–Crippen MR) is 256 cm³/mol. The predicted octanol–water partition coefficient (Wildman–Crippen LogP) is 0.752. The number of carbonyl (C=O) groups excluding carboxylic acids is 4. The van der Waals surface area contributed by atoms with Crippen LogP contribution < -0.4 is 24.8 Å².